The van der Waals surface area contributed by atoms with Gasteiger partial charge in [0.25, 0.3) is 12.0 Å². The lowest BCUT2D eigenvalue weighted by atomic mass is 10.1. The Morgan fingerprint density at radius 2 is 2.10 bits per heavy atom. The first kappa shape index (κ1) is 14.3. The molecule has 0 spiro atoms. The van der Waals surface area contributed by atoms with E-state index in [1.165, 1.54) is 6.07 Å². The molecular weight excluding hydrogens is 296 g/mol. The number of fused-ring (bicyclic) bond motifs is 1. The smallest absolute Gasteiger partial charge is 0.264 e. The number of alkyl halides is 2. The second kappa shape index (κ2) is 5.29. The number of aromatic amines is 1. The molecule has 0 bridgehead atoms. The molecule has 2 aromatic heterocycles. The van der Waals surface area contributed by atoms with E-state index in [1.54, 1.807) is 11.5 Å². The van der Waals surface area contributed by atoms with Gasteiger partial charge in [-0.1, -0.05) is 12.8 Å². The molecule has 4 nitrogen and oxygen atoms in total. The maximum absolute atomic E-state index is 13.3. The van der Waals surface area contributed by atoms with Crippen molar-refractivity contribution in [1.82, 2.24) is 14.5 Å². The van der Waals surface area contributed by atoms with Crippen molar-refractivity contribution in [2.45, 2.75) is 45.1 Å². The van der Waals surface area contributed by atoms with E-state index in [2.05, 4.69) is 9.97 Å². The highest BCUT2D eigenvalue weighted by Crippen LogP contribution is 2.33. The van der Waals surface area contributed by atoms with Gasteiger partial charge in [-0.05, 0) is 38.0 Å². The van der Waals surface area contributed by atoms with Crippen molar-refractivity contribution in [3.05, 3.63) is 32.4 Å². The number of hydrogen-bond donors (Lipinski definition) is 1. The second-order valence-corrected chi connectivity index (χ2v) is 5.81. The Labute approximate surface area is 124 Å². The molecule has 0 atom stereocenters. The van der Waals surface area contributed by atoms with Gasteiger partial charge in [0.2, 0.25) is 0 Å². The minimum Gasteiger partial charge on any atom is -0.299 e. The molecule has 0 aromatic carbocycles. The van der Waals surface area contributed by atoms with Crippen LogP contribution in [0.1, 0.15) is 49.4 Å². The van der Waals surface area contributed by atoms with Gasteiger partial charge in [-0.2, -0.15) is 0 Å². The van der Waals surface area contributed by atoms with E-state index in [9.17, 15) is 13.6 Å². The average molecular weight is 311 g/mol. The van der Waals surface area contributed by atoms with Gasteiger partial charge in [0, 0.05) is 17.3 Å². The standard InChI is InChI=1S/C14H15F2N3OS/c1-7-6-9(11(15)16)10-12(17-7)19(8-4-2-3-5-8)14(21)18-13(10)20/h6,8,11H,2-5H2,1H3,(H,18,20,21). The van der Waals surface area contributed by atoms with Crippen LogP contribution in [0, 0.1) is 11.7 Å². The van der Waals surface area contributed by atoms with Crippen molar-refractivity contribution in [1.29, 1.82) is 0 Å². The van der Waals surface area contributed by atoms with Gasteiger partial charge in [-0.3, -0.25) is 14.3 Å². The van der Waals surface area contributed by atoms with Crippen LogP contribution in [0.15, 0.2) is 10.9 Å². The molecule has 1 fully saturated rings. The van der Waals surface area contributed by atoms with Gasteiger partial charge in [-0.25, -0.2) is 13.8 Å². The maximum atomic E-state index is 13.3. The topological polar surface area (TPSA) is 50.7 Å². The normalized spacial score (nSPS) is 16.2. The molecule has 0 aliphatic heterocycles. The summed E-state index contributed by atoms with van der Waals surface area (Å²) in [6.07, 6.45) is 1.27. The Hall–Kier alpha value is -1.63. The van der Waals surface area contributed by atoms with E-state index < -0.39 is 12.0 Å². The quantitative estimate of drug-likeness (QED) is 0.858. The van der Waals surface area contributed by atoms with Crippen LogP contribution in [0.25, 0.3) is 11.0 Å². The van der Waals surface area contributed by atoms with Gasteiger partial charge >= 0.3 is 0 Å². The van der Waals surface area contributed by atoms with Crippen molar-refractivity contribution >= 4 is 23.3 Å². The zero-order valence-electron chi connectivity index (χ0n) is 11.5. The Morgan fingerprint density at radius 3 is 2.71 bits per heavy atom. The molecule has 0 amide bonds. The molecule has 7 heteroatoms. The molecule has 0 radical (unpaired) electrons. The summed E-state index contributed by atoms with van der Waals surface area (Å²) in [7, 11) is 0. The third-order valence-electron chi connectivity index (χ3n) is 3.98. The van der Waals surface area contributed by atoms with Crippen LogP contribution in [-0.2, 0) is 0 Å². The first-order valence-corrected chi connectivity index (χ1v) is 7.34. The average Bonchev–Trinajstić information content (AvgIpc) is 2.90. The molecular formula is C14H15F2N3OS. The van der Waals surface area contributed by atoms with Gasteiger partial charge in [0.05, 0.1) is 5.39 Å². The lowest BCUT2D eigenvalue weighted by molar-refractivity contribution is 0.153. The number of hydrogen-bond acceptors (Lipinski definition) is 3. The molecule has 0 saturated heterocycles. The molecule has 2 heterocycles. The van der Waals surface area contributed by atoms with E-state index >= 15 is 0 Å². The number of rotatable bonds is 2. The van der Waals surface area contributed by atoms with Crippen LogP contribution in [0.2, 0.25) is 0 Å². The Bertz CT molecular complexity index is 806. The maximum Gasteiger partial charge on any atom is 0.264 e. The fourth-order valence-electron chi connectivity index (χ4n) is 3.08. The van der Waals surface area contributed by atoms with Crippen molar-refractivity contribution in [3.8, 4) is 0 Å². The number of H-pyrrole nitrogens is 1. The van der Waals surface area contributed by atoms with Crippen molar-refractivity contribution in [2.75, 3.05) is 0 Å². The van der Waals surface area contributed by atoms with Crippen molar-refractivity contribution in [3.63, 3.8) is 0 Å². The van der Waals surface area contributed by atoms with E-state index in [0.29, 0.717) is 5.69 Å². The number of nitrogens with zero attached hydrogens (tertiary/aromatic N) is 2. The fraction of sp³-hybridized carbons (Fsp3) is 0.500. The van der Waals surface area contributed by atoms with Crippen LogP contribution in [-0.4, -0.2) is 14.5 Å². The van der Waals surface area contributed by atoms with E-state index in [-0.39, 0.29) is 27.4 Å². The van der Waals surface area contributed by atoms with E-state index in [1.807, 2.05) is 0 Å². The monoisotopic (exact) mass is 311 g/mol. The predicted octanol–water partition coefficient (Wildman–Crippen LogP) is 3.82. The molecule has 2 aromatic rings. The minimum absolute atomic E-state index is 0.0453. The number of nitrogens with one attached hydrogen (secondary N) is 1. The van der Waals surface area contributed by atoms with Crippen molar-refractivity contribution < 1.29 is 8.78 Å². The number of halogens is 2. The lowest BCUT2D eigenvalue weighted by Gasteiger charge is -2.18. The predicted molar refractivity (Wildman–Crippen MR) is 78.4 cm³/mol. The lowest BCUT2D eigenvalue weighted by Crippen LogP contribution is -2.20. The Balaban J connectivity index is 2.43. The van der Waals surface area contributed by atoms with Gasteiger partial charge in [0.1, 0.15) is 5.65 Å². The summed E-state index contributed by atoms with van der Waals surface area (Å²) < 4.78 is 28.5. The summed E-state index contributed by atoms with van der Waals surface area (Å²) in [6.45, 7) is 1.65. The molecule has 1 aliphatic carbocycles. The molecule has 21 heavy (non-hydrogen) atoms. The molecule has 1 saturated carbocycles. The summed E-state index contributed by atoms with van der Waals surface area (Å²) in [6, 6.07) is 1.39. The number of aryl methyl sites for hydroxylation is 1. The number of aromatic nitrogens is 3. The summed E-state index contributed by atoms with van der Waals surface area (Å²) in [5, 5.41) is -0.0453. The summed E-state index contributed by atoms with van der Waals surface area (Å²) >= 11 is 5.24. The summed E-state index contributed by atoms with van der Waals surface area (Å²) in [4.78, 5) is 18.9. The molecule has 0 unspecified atom stereocenters. The zero-order chi connectivity index (χ0) is 15.1. The summed E-state index contributed by atoms with van der Waals surface area (Å²) in [5.74, 6) is 0. The largest absolute Gasteiger partial charge is 0.299 e. The van der Waals surface area contributed by atoms with Crippen LogP contribution in [0.3, 0.4) is 0 Å². The van der Waals surface area contributed by atoms with Gasteiger partial charge in [0.15, 0.2) is 4.77 Å². The minimum atomic E-state index is -2.72. The molecule has 1 aliphatic rings. The Morgan fingerprint density at radius 1 is 1.43 bits per heavy atom. The summed E-state index contributed by atoms with van der Waals surface area (Å²) in [5.41, 5.74) is -0.122. The molecule has 3 rings (SSSR count). The van der Waals surface area contributed by atoms with Crippen LogP contribution in [0.5, 0.6) is 0 Å². The Kier molecular flexibility index (Phi) is 3.61. The zero-order valence-corrected chi connectivity index (χ0v) is 12.3. The van der Waals surface area contributed by atoms with Crippen LogP contribution in [0.4, 0.5) is 8.78 Å². The fourth-order valence-corrected chi connectivity index (χ4v) is 3.41. The molecule has 112 valence electrons. The van der Waals surface area contributed by atoms with Crippen LogP contribution >= 0.6 is 12.2 Å². The highest BCUT2D eigenvalue weighted by molar-refractivity contribution is 7.71. The highest BCUT2D eigenvalue weighted by atomic mass is 32.1. The first-order valence-electron chi connectivity index (χ1n) is 6.93. The van der Waals surface area contributed by atoms with Crippen molar-refractivity contribution in [2.24, 2.45) is 0 Å². The number of pyridine rings is 1. The highest BCUT2D eigenvalue weighted by Gasteiger charge is 2.23. The van der Waals surface area contributed by atoms with E-state index in [0.717, 1.165) is 25.7 Å². The van der Waals surface area contributed by atoms with Gasteiger partial charge in [-0.15, -0.1) is 0 Å². The van der Waals surface area contributed by atoms with Crippen LogP contribution < -0.4 is 5.56 Å². The third kappa shape index (κ3) is 2.39. The SMILES string of the molecule is Cc1cc(C(F)F)c2c(=O)[nH]c(=S)n(C3CCCC3)c2n1. The first-order chi connectivity index (χ1) is 9.99. The third-order valence-corrected chi connectivity index (χ3v) is 4.28. The molecule has 1 N–H and O–H groups in total. The van der Waals surface area contributed by atoms with E-state index in [4.69, 9.17) is 12.2 Å². The second-order valence-electron chi connectivity index (χ2n) is 5.42. The van der Waals surface area contributed by atoms with Gasteiger partial charge < -0.3 is 0 Å².